The van der Waals surface area contributed by atoms with Crippen LogP contribution in [0.25, 0.3) is 0 Å². The third-order valence-corrected chi connectivity index (χ3v) is 5.95. The number of aliphatic imine (C=N–C) groups is 1. The zero-order chi connectivity index (χ0) is 31.2. The van der Waals surface area contributed by atoms with Crippen LogP contribution in [0.2, 0.25) is 0 Å². The van der Waals surface area contributed by atoms with Gasteiger partial charge in [0.25, 0.3) is 0 Å². The number of nitrogens with zero attached hydrogens (tertiary/aromatic N) is 2. The van der Waals surface area contributed by atoms with E-state index >= 15 is 0 Å². The molecule has 0 aliphatic carbocycles. The van der Waals surface area contributed by atoms with Crippen molar-refractivity contribution in [3.8, 4) is 5.75 Å². The second-order valence-corrected chi connectivity index (χ2v) is 9.40. The number of imidazole rings is 1. The van der Waals surface area contributed by atoms with Crippen LogP contribution in [0.5, 0.6) is 5.75 Å². The maximum absolute atomic E-state index is 13.3. The van der Waals surface area contributed by atoms with Crippen LogP contribution in [0, 0.1) is 0 Å². The summed E-state index contributed by atoms with van der Waals surface area (Å²) in [6.07, 6.45) is 2.49. The number of amides is 4. The fraction of sp³-hybridized carbons (Fsp3) is 0.400. The number of phenols is 1. The SMILES string of the molecule is NC(=O)CC(NC(=O)C(Cc1cnc[nH]1)NC(=O)C(N)CCCN=C(N)N)C(=O)NC(Cc1ccc(O)cc1)C(=O)O. The summed E-state index contributed by atoms with van der Waals surface area (Å²) in [5.41, 5.74) is 22.7. The summed E-state index contributed by atoms with van der Waals surface area (Å²) in [7, 11) is 0. The number of aromatic amines is 1. The van der Waals surface area contributed by atoms with Gasteiger partial charge in [-0.15, -0.1) is 0 Å². The predicted octanol–water partition coefficient (Wildman–Crippen LogP) is -3.30. The Kier molecular flexibility index (Phi) is 12.7. The number of carboxylic acid groups (broad SMARTS) is 1. The third kappa shape index (κ3) is 11.5. The molecule has 0 radical (unpaired) electrons. The molecule has 1 aromatic carbocycles. The monoisotopic (exact) mass is 588 g/mol. The molecule has 4 atom stereocenters. The summed E-state index contributed by atoms with van der Waals surface area (Å²) >= 11 is 0. The van der Waals surface area contributed by atoms with Gasteiger partial charge in [0.1, 0.15) is 23.9 Å². The van der Waals surface area contributed by atoms with Gasteiger partial charge in [-0.1, -0.05) is 12.1 Å². The Morgan fingerprint density at radius 3 is 2.10 bits per heavy atom. The molecule has 0 bridgehead atoms. The maximum Gasteiger partial charge on any atom is 0.326 e. The largest absolute Gasteiger partial charge is 0.508 e. The summed E-state index contributed by atoms with van der Waals surface area (Å²) in [6.45, 7) is 0.245. The lowest BCUT2D eigenvalue weighted by Gasteiger charge is -2.24. The Labute approximate surface area is 240 Å². The molecule has 14 N–H and O–H groups in total. The van der Waals surface area contributed by atoms with Gasteiger partial charge >= 0.3 is 5.97 Å². The average Bonchev–Trinajstić information content (AvgIpc) is 3.43. The summed E-state index contributed by atoms with van der Waals surface area (Å²) in [6, 6.07) is 0.391. The van der Waals surface area contributed by atoms with E-state index in [-0.39, 0.29) is 37.5 Å². The number of aliphatic carboxylic acids is 1. The Morgan fingerprint density at radius 1 is 0.905 bits per heavy atom. The molecule has 42 heavy (non-hydrogen) atoms. The van der Waals surface area contributed by atoms with Crippen molar-refractivity contribution in [3.63, 3.8) is 0 Å². The van der Waals surface area contributed by atoms with Crippen molar-refractivity contribution in [2.75, 3.05) is 6.54 Å². The van der Waals surface area contributed by atoms with E-state index in [2.05, 4.69) is 30.9 Å². The molecule has 0 aliphatic rings. The molecule has 0 spiro atoms. The smallest absolute Gasteiger partial charge is 0.326 e. The number of nitrogens with one attached hydrogen (secondary N) is 4. The number of primary amides is 1. The van der Waals surface area contributed by atoms with Gasteiger partial charge in [-0.2, -0.15) is 0 Å². The molecule has 0 saturated heterocycles. The van der Waals surface area contributed by atoms with Crippen LogP contribution < -0.4 is 38.9 Å². The molecular formula is C25H36N10O7. The van der Waals surface area contributed by atoms with Gasteiger partial charge in [-0.05, 0) is 30.5 Å². The number of phenolic OH excluding ortho intramolecular Hbond substituents is 1. The molecule has 0 saturated carbocycles. The second kappa shape index (κ2) is 16.2. The van der Waals surface area contributed by atoms with Crippen molar-refractivity contribution in [1.29, 1.82) is 0 Å². The highest BCUT2D eigenvalue weighted by molar-refractivity contribution is 5.96. The highest BCUT2D eigenvalue weighted by atomic mass is 16.4. The predicted molar refractivity (Wildman–Crippen MR) is 149 cm³/mol. The fourth-order valence-electron chi connectivity index (χ4n) is 3.78. The van der Waals surface area contributed by atoms with Crippen molar-refractivity contribution in [1.82, 2.24) is 25.9 Å². The number of carbonyl (C=O) groups excluding carboxylic acids is 4. The fourth-order valence-corrected chi connectivity index (χ4v) is 3.78. The van der Waals surface area contributed by atoms with Crippen LogP contribution >= 0.6 is 0 Å². The maximum atomic E-state index is 13.3. The molecule has 1 aromatic heterocycles. The van der Waals surface area contributed by atoms with Gasteiger partial charge in [-0.25, -0.2) is 9.78 Å². The van der Waals surface area contributed by atoms with E-state index in [0.29, 0.717) is 17.7 Å². The van der Waals surface area contributed by atoms with E-state index in [4.69, 9.17) is 22.9 Å². The molecule has 4 unspecified atom stereocenters. The lowest BCUT2D eigenvalue weighted by atomic mass is 10.0. The lowest BCUT2D eigenvalue weighted by Crippen LogP contribution is -2.58. The minimum atomic E-state index is -1.56. The summed E-state index contributed by atoms with van der Waals surface area (Å²) in [4.78, 5) is 73.2. The van der Waals surface area contributed by atoms with Gasteiger partial charge in [0.05, 0.1) is 18.8 Å². The first-order valence-corrected chi connectivity index (χ1v) is 12.8. The zero-order valence-corrected chi connectivity index (χ0v) is 22.7. The molecule has 0 aliphatic heterocycles. The summed E-state index contributed by atoms with van der Waals surface area (Å²) < 4.78 is 0. The number of hydrogen-bond acceptors (Lipinski definition) is 9. The third-order valence-electron chi connectivity index (χ3n) is 5.95. The quantitative estimate of drug-likeness (QED) is 0.0495. The number of guanidine groups is 1. The number of aromatic nitrogens is 2. The minimum Gasteiger partial charge on any atom is -0.508 e. The number of carboxylic acids is 1. The van der Waals surface area contributed by atoms with E-state index < -0.39 is 60.2 Å². The summed E-state index contributed by atoms with van der Waals surface area (Å²) in [5, 5.41) is 26.3. The summed E-state index contributed by atoms with van der Waals surface area (Å²) in [5.74, 6) is -4.97. The van der Waals surface area contributed by atoms with Gasteiger partial charge in [-0.3, -0.25) is 24.2 Å². The minimum absolute atomic E-state index is 0.0254. The Balaban J connectivity index is 2.15. The van der Waals surface area contributed by atoms with Crippen molar-refractivity contribution in [3.05, 3.63) is 48.0 Å². The molecule has 1 heterocycles. The molecule has 2 aromatic rings. The van der Waals surface area contributed by atoms with Crippen LogP contribution in [-0.4, -0.2) is 86.5 Å². The van der Waals surface area contributed by atoms with Crippen LogP contribution in [0.3, 0.4) is 0 Å². The number of H-pyrrole nitrogens is 1. The Bertz CT molecular complexity index is 1250. The van der Waals surface area contributed by atoms with Gasteiger partial charge in [0.15, 0.2) is 5.96 Å². The van der Waals surface area contributed by atoms with E-state index in [0.717, 1.165) is 0 Å². The molecule has 228 valence electrons. The number of benzene rings is 1. The Morgan fingerprint density at radius 2 is 1.52 bits per heavy atom. The lowest BCUT2D eigenvalue weighted by molar-refractivity contribution is -0.142. The van der Waals surface area contributed by atoms with E-state index in [1.165, 1.54) is 36.8 Å². The second-order valence-electron chi connectivity index (χ2n) is 9.40. The van der Waals surface area contributed by atoms with E-state index in [1.54, 1.807) is 0 Å². The molecular weight excluding hydrogens is 552 g/mol. The topological polar surface area (TPSA) is 307 Å². The standard InChI is InChI=1S/C25H36N10O7/c26-16(2-1-7-31-25(28)29)21(38)33-17(9-14-11-30-12-32-14)22(39)34-18(10-20(27)37)23(40)35-19(24(41)42)8-13-3-5-15(36)6-4-13/h3-6,11-12,16-19,36H,1-2,7-10,26H2,(H2,27,37)(H,30,32)(H,33,38)(H,34,39)(H,35,40)(H,41,42)(H4,28,29,31). The van der Waals surface area contributed by atoms with Crippen LogP contribution in [0.15, 0.2) is 41.8 Å². The molecule has 2 rings (SSSR count). The van der Waals surface area contributed by atoms with Gasteiger partial charge < -0.3 is 54.1 Å². The van der Waals surface area contributed by atoms with Gasteiger partial charge in [0, 0.05) is 31.3 Å². The first-order chi connectivity index (χ1) is 19.8. The Hall–Kier alpha value is -5.19. The van der Waals surface area contributed by atoms with Crippen LogP contribution in [0.4, 0.5) is 0 Å². The van der Waals surface area contributed by atoms with Crippen molar-refractivity contribution in [2.24, 2.45) is 27.9 Å². The number of rotatable bonds is 17. The number of nitrogens with two attached hydrogens (primary N) is 4. The number of aromatic hydroxyl groups is 1. The number of carbonyl (C=O) groups is 5. The molecule has 17 heteroatoms. The van der Waals surface area contributed by atoms with Crippen LogP contribution in [0.1, 0.15) is 30.5 Å². The normalized spacial score (nSPS) is 13.5. The highest BCUT2D eigenvalue weighted by Crippen LogP contribution is 2.12. The average molecular weight is 589 g/mol. The molecule has 17 nitrogen and oxygen atoms in total. The molecule has 4 amide bonds. The first-order valence-electron chi connectivity index (χ1n) is 12.8. The van der Waals surface area contributed by atoms with E-state index in [9.17, 15) is 34.2 Å². The molecule has 0 fully saturated rings. The van der Waals surface area contributed by atoms with E-state index in [1.807, 2.05) is 0 Å². The van der Waals surface area contributed by atoms with Crippen molar-refractivity contribution in [2.45, 2.75) is 56.3 Å². The first kappa shape index (κ1) is 33.0. The van der Waals surface area contributed by atoms with Crippen molar-refractivity contribution >= 4 is 35.6 Å². The van der Waals surface area contributed by atoms with Crippen molar-refractivity contribution < 1.29 is 34.2 Å². The highest BCUT2D eigenvalue weighted by Gasteiger charge is 2.31. The zero-order valence-electron chi connectivity index (χ0n) is 22.7. The number of hydrogen-bond donors (Lipinski definition) is 10. The van der Waals surface area contributed by atoms with Gasteiger partial charge in [0.2, 0.25) is 23.6 Å². The van der Waals surface area contributed by atoms with Crippen LogP contribution in [-0.2, 0) is 36.8 Å².